The number of carbonyl (C=O) groups excluding carboxylic acids is 2. The van der Waals surface area contributed by atoms with E-state index in [0.29, 0.717) is 16.3 Å². The standard InChI is InChI=1S/C23H20N4O4S/c1-30-17-9-5-14(6-10-17)18-11-24-21-20(18)25-13-26-22(21)32-12-19(28)27-16-7-3-15(4-8-16)23(29)31-2/h3-11,13,24H,12H2,1-2H3,(H,27,28). The second-order valence-corrected chi connectivity index (χ2v) is 7.70. The number of aromatic nitrogens is 3. The van der Waals surface area contributed by atoms with Gasteiger partial charge < -0.3 is 19.8 Å². The fraction of sp³-hybridized carbons (Fsp3) is 0.130. The van der Waals surface area contributed by atoms with Crippen molar-refractivity contribution in [1.82, 2.24) is 15.0 Å². The summed E-state index contributed by atoms with van der Waals surface area (Å²) in [5.74, 6) is 0.341. The van der Waals surface area contributed by atoms with E-state index >= 15 is 0 Å². The molecule has 0 aliphatic heterocycles. The van der Waals surface area contributed by atoms with Crippen LogP contribution in [-0.2, 0) is 9.53 Å². The van der Waals surface area contributed by atoms with Gasteiger partial charge in [0.1, 0.15) is 22.6 Å². The van der Waals surface area contributed by atoms with E-state index in [9.17, 15) is 9.59 Å². The highest BCUT2D eigenvalue weighted by molar-refractivity contribution is 8.00. The summed E-state index contributed by atoms with van der Waals surface area (Å²) in [4.78, 5) is 35.9. The molecule has 0 aliphatic rings. The zero-order valence-electron chi connectivity index (χ0n) is 17.4. The van der Waals surface area contributed by atoms with Gasteiger partial charge in [0, 0.05) is 17.4 Å². The van der Waals surface area contributed by atoms with Gasteiger partial charge >= 0.3 is 5.97 Å². The predicted molar refractivity (Wildman–Crippen MR) is 123 cm³/mol. The maximum absolute atomic E-state index is 12.4. The minimum absolute atomic E-state index is 0.168. The van der Waals surface area contributed by atoms with E-state index in [4.69, 9.17) is 4.74 Å². The van der Waals surface area contributed by atoms with Gasteiger partial charge in [-0.3, -0.25) is 4.79 Å². The highest BCUT2D eigenvalue weighted by Crippen LogP contribution is 2.32. The molecule has 9 heteroatoms. The van der Waals surface area contributed by atoms with Crippen LogP contribution in [0.4, 0.5) is 5.69 Å². The quantitative estimate of drug-likeness (QED) is 0.248. The molecule has 32 heavy (non-hydrogen) atoms. The predicted octanol–water partition coefficient (Wildman–Crippen LogP) is 4.15. The van der Waals surface area contributed by atoms with Crippen LogP contribution in [0.1, 0.15) is 10.4 Å². The number of thioether (sulfide) groups is 1. The number of hydrogen-bond acceptors (Lipinski definition) is 7. The topological polar surface area (TPSA) is 106 Å². The SMILES string of the molecule is COC(=O)c1ccc(NC(=O)CSc2ncnc3c(-c4ccc(OC)cc4)c[nH]c23)cc1. The van der Waals surface area contributed by atoms with Gasteiger partial charge in [-0.1, -0.05) is 23.9 Å². The first-order valence-electron chi connectivity index (χ1n) is 9.66. The third kappa shape index (κ3) is 4.57. The highest BCUT2D eigenvalue weighted by atomic mass is 32.2. The van der Waals surface area contributed by atoms with Crippen LogP contribution in [0.15, 0.2) is 66.1 Å². The molecule has 0 radical (unpaired) electrons. The van der Waals surface area contributed by atoms with Crippen LogP contribution in [-0.4, -0.2) is 46.8 Å². The molecule has 0 atom stereocenters. The summed E-state index contributed by atoms with van der Waals surface area (Å²) in [6.07, 6.45) is 3.38. The van der Waals surface area contributed by atoms with Crippen molar-refractivity contribution in [2.75, 3.05) is 25.3 Å². The first-order valence-corrected chi connectivity index (χ1v) is 10.6. The maximum atomic E-state index is 12.4. The van der Waals surface area contributed by atoms with Crippen molar-refractivity contribution in [3.05, 3.63) is 66.6 Å². The number of hydrogen-bond donors (Lipinski definition) is 2. The molecule has 4 rings (SSSR count). The molecule has 0 saturated heterocycles. The van der Waals surface area contributed by atoms with E-state index in [-0.39, 0.29) is 11.7 Å². The lowest BCUT2D eigenvalue weighted by Gasteiger charge is -2.06. The molecule has 0 fully saturated rings. The Kier molecular flexibility index (Phi) is 6.37. The van der Waals surface area contributed by atoms with Gasteiger partial charge in [-0.05, 0) is 42.0 Å². The summed E-state index contributed by atoms with van der Waals surface area (Å²) in [5, 5.41) is 3.49. The summed E-state index contributed by atoms with van der Waals surface area (Å²) in [5.41, 5.74) is 4.52. The van der Waals surface area contributed by atoms with Gasteiger partial charge in [0.2, 0.25) is 5.91 Å². The lowest BCUT2D eigenvalue weighted by atomic mass is 10.1. The Hall–Kier alpha value is -3.85. The van der Waals surface area contributed by atoms with E-state index in [1.807, 2.05) is 30.5 Å². The van der Waals surface area contributed by atoms with E-state index in [0.717, 1.165) is 27.9 Å². The molecule has 1 amide bonds. The van der Waals surface area contributed by atoms with Crippen molar-refractivity contribution in [3.8, 4) is 16.9 Å². The number of methoxy groups -OCH3 is 2. The second kappa shape index (κ2) is 9.52. The second-order valence-electron chi connectivity index (χ2n) is 6.74. The molecule has 0 saturated carbocycles. The molecule has 2 heterocycles. The van der Waals surface area contributed by atoms with Gasteiger partial charge in [-0.15, -0.1) is 0 Å². The van der Waals surface area contributed by atoms with Gasteiger partial charge in [-0.2, -0.15) is 0 Å². The van der Waals surface area contributed by atoms with E-state index in [2.05, 4.69) is 25.0 Å². The van der Waals surface area contributed by atoms with Crippen LogP contribution in [0.3, 0.4) is 0 Å². The van der Waals surface area contributed by atoms with Gasteiger partial charge in [0.25, 0.3) is 0 Å². The Morgan fingerprint density at radius 3 is 2.47 bits per heavy atom. The van der Waals surface area contributed by atoms with Crippen LogP contribution < -0.4 is 10.1 Å². The molecule has 2 aromatic carbocycles. The number of rotatable bonds is 7. The largest absolute Gasteiger partial charge is 0.497 e. The van der Waals surface area contributed by atoms with Crippen molar-refractivity contribution >= 4 is 40.4 Å². The zero-order valence-corrected chi connectivity index (χ0v) is 18.2. The lowest BCUT2D eigenvalue weighted by molar-refractivity contribution is -0.113. The summed E-state index contributed by atoms with van der Waals surface area (Å²) < 4.78 is 9.89. The number of amides is 1. The van der Waals surface area contributed by atoms with Crippen molar-refractivity contribution < 1.29 is 19.1 Å². The van der Waals surface area contributed by atoms with E-state index in [1.165, 1.54) is 25.2 Å². The van der Waals surface area contributed by atoms with Crippen molar-refractivity contribution in [1.29, 1.82) is 0 Å². The summed E-state index contributed by atoms with van der Waals surface area (Å²) in [6, 6.07) is 14.2. The van der Waals surface area contributed by atoms with E-state index < -0.39 is 5.97 Å². The number of H-pyrrole nitrogens is 1. The molecule has 162 valence electrons. The number of fused-ring (bicyclic) bond motifs is 1. The molecule has 2 N–H and O–H groups in total. The monoisotopic (exact) mass is 448 g/mol. The number of anilines is 1. The Labute approximate surface area is 188 Å². The third-order valence-electron chi connectivity index (χ3n) is 4.76. The average Bonchev–Trinajstić information content (AvgIpc) is 3.27. The lowest BCUT2D eigenvalue weighted by Crippen LogP contribution is -2.14. The minimum atomic E-state index is -0.425. The maximum Gasteiger partial charge on any atom is 0.337 e. The summed E-state index contributed by atoms with van der Waals surface area (Å²) >= 11 is 1.32. The van der Waals surface area contributed by atoms with Crippen LogP contribution in [0, 0.1) is 0 Å². The number of ether oxygens (including phenoxy) is 2. The number of nitrogens with zero attached hydrogens (tertiary/aromatic N) is 2. The first-order chi connectivity index (χ1) is 15.6. The third-order valence-corrected chi connectivity index (χ3v) is 5.75. The van der Waals surface area contributed by atoms with Gasteiger partial charge in [-0.25, -0.2) is 14.8 Å². The van der Waals surface area contributed by atoms with Crippen LogP contribution in [0.5, 0.6) is 5.75 Å². The molecule has 0 unspecified atom stereocenters. The molecule has 0 spiro atoms. The van der Waals surface area contributed by atoms with Crippen LogP contribution in [0.25, 0.3) is 22.2 Å². The number of aromatic amines is 1. The molecular weight excluding hydrogens is 428 g/mol. The molecule has 0 aliphatic carbocycles. The minimum Gasteiger partial charge on any atom is -0.497 e. The number of carbonyl (C=O) groups is 2. The molecule has 0 bridgehead atoms. The number of nitrogens with one attached hydrogen (secondary N) is 2. The van der Waals surface area contributed by atoms with E-state index in [1.54, 1.807) is 31.4 Å². The van der Waals surface area contributed by atoms with Crippen LogP contribution in [0.2, 0.25) is 0 Å². The molecule has 2 aromatic heterocycles. The highest BCUT2D eigenvalue weighted by Gasteiger charge is 2.14. The Bertz CT molecular complexity index is 1250. The Morgan fingerprint density at radius 2 is 1.78 bits per heavy atom. The first kappa shape index (κ1) is 21.4. The fourth-order valence-corrected chi connectivity index (χ4v) is 3.92. The summed E-state index contributed by atoms with van der Waals surface area (Å²) in [7, 11) is 2.95. The molecule has 4 aromatic rings. The van der Waals surface area contributed by atoms with Crippen molar-refractivity contribution in [3.63, 3.8) is 0 Å². The fourth-order valence-electron chi connectivity index (χ4n) is 3.15. The normalized spacial score (nSPS) is 10.7. The smallest absolute Gasteiger partial charge is 0.337 e. The van der Waals surface area contributed by atoms with Crippen molar-refractivity contribution in [2.24, 2.45) is 0 Å². The van der Waals surface area contributed by atoms with Gasteiger partial charge in [0.15, 0.2) is 0 Å². The molecule has 8 nitrogen and oxygen atoms in total. The van der Waals surface area contributed by atoms with Crippen LogP contribution >= 0.6 is 11.8 Å². The van der Waals surface area contributed by atoms with Crippen molar-refractivity contribution in [2.45, 2.75) is 5.03 Å². The Morgan fingerprint density at radius 1 is 1.03 bits per heavy atom. The average molecular weight is 449 g/mol. The molecular formula is C23H20N4O4S. The number of benzene rings is 2. The Balaban J connectivity index is 1.44. The zero-order chi connectivity index (χ0) is 22.5. The summed E-state index contributed by atoms with van der Waals surface area (Å²) in [6.45, 7) is 0. The number of esters is 1. The van der Waals surface area contributed by atoms with Gasteiger partial charge in [0.05, 0.1) is 31.1 Å².